The first-order valence-electron chi connectivity index (χ1n) is 8.58. The first kappa shape index (κ1) is 17.6. The monoisotopic (exact) mass is 382 g/mol. The Bertz CT molecular complexity index is 1040. The van der Waals surface area contributed by atoms with Crippen molar-refractivity contribution in [3.63, 3.8) is 0 Å². The Morgan fingerprint density at radius 1 is 1.11 bits per heavy atom. The second kappa shape index (κ2) is 7.08. The molecule has 138 valence electrons. The van der Waals surface area contributed by atoms with Gasteiger partial charge in [0.25, 0.3) is 0 Å². The zero-order valence-electron chi connectivity index (χ0n) is 15.3. The first-order valence-corrected chi connectivity index (χ1v) is 9.39. The van der Waals surface area contributed by atoms with E-state index in [4.69, 9.17) is 4.74 Å². The molecule has 0 saturated carbocycles. The minimum absolute atomic E-state index is 0.112. The Hall–Kier alpha value is -2.80. The van der Waals surface area contributed by atoms with Gasteiger partial charge in [-0.05, 0) is 44.5 Å². The van der Waals surface area contributed by atoms with Crippen molar-refractivity contribution >= 4 is 17.5 Å². The summed E-state index contributed by atoms with van der Waals surface area (Å²) in [6.07, 6.45) is 0. The van der Waals surface area contributed by atoms with E-state index < -0.39 is 5.82 Å². The summed E-state index contributed by atoms with van der Waals surface area (Å²) in [6, 6.07) is 12.7. The highest BCUT2D eigenvalue weighted by Gasteiger charge is 2.23. The third-order valence-electron chi connectivity index (χ3n) is 4.38. The van der Waals surface area contributed by atoms with Crippen molar-refractivity contribution in [2.24, 2.45) is 0 Å². The van der Waals surface area contributed by atoms with Gasteiger partial charge in [0.2, 0.25) is 5.16 Å². The summed E-state index contributed by atoms with van der Waals surface area (Å²) in [4.78, 5) is 1.12. The topological polar surface area (TPSA) is 52.0 Å². The normalized spacial score (nSPS) is 13.3. The molecule has 0 atom stereocenters. The van der Waals surface area contributed by atoms with Crippen LogP contribution in [0.15, 0.2) is 52.5 Å². The second-order valence-electron chi connectivity index (χ2n) is 6.42. The molecule has 27 heavy (non-hydrogen) atoms. The predicted molar refractivity (Wildman–Crippen MR) is 104 cm³/mol. The number of benzene rings is 2. The van der Waals surface area contributed by atoms with Crippen molar-refractivity contribution in [1.29, 1.82) is 0 Å². The third-order valence-corrected chi connectivity index (χ3v) is 5.33. The molecule has 0 saturated heterocycles. The van der Waals surface area contributed by atoms with Crippen molar-refractivity contribution in [1.82, 2.24) is 14.9 Å². The molecule has 0 aliphatic carbocycles. The summed E-state index contributed by atoms with van der Waals surface area (Å²) in [5.41, 5.74) is 7.94. The molecule has 1 aliphatic rings. The number of rotatable bonds is 4. The number of fused-ring (bicyclic) bond motifs is 1. The number of nitrogens with zero attached hydrogens (tertiary/aromatic N) is 3. The smallest absolute Gasteiger partial charge is 0.214 e. The summed E-state index contributed by atoms with van der Waals surface area (Å²) < 4.78 is 21.2. The van der Waals surface area contributed by atoms with E-state index in [2.05, 4.69) is 54.6 Å². The molecule has 2 aromatic carbocycles. The van der Waals surface area contributed by atoms with Gasteiger partial charge >= 0.3 is 0 Å². The maximum atomic E-state index is 13.8. The van der Waals surface area contributed by atoms with E-state index in [1.807, 2.05) is 0 Å². The Morgan fingerprint density at radius 3 is 2.74 bits per heavy atom. The van der Waals surface area contributed by atoms with E-state index in [0.29, 0.717) is 5.82 Å². The highest BCUT2D eigenvalue weighted by atomic mass is 32.2. The third kappa shape index (κ3) is 3.42. The van der Waals surface area contributed by atoms with Crippen LogP contribution in [0.2, 0.25) is 0 Å². The first-order chi connectivity index (χ1) is 13.0. The van der Waals surface area contributed by atoms with Crippen LogP contribution in [-0.4, -0.2) is 14.9 Å². The van der Waals surface area contributed by atoms with Gasteiger partial charge in [0.05, 0.1) is 5.70 Å². The Balaban J connectivity index is 1.61. The molecule has 2 heterocycles. The summed E-state index contributed by atoms with van der Waals surface area (Å²) in [6.45, 7) is 6.33. The Labute approximate surface area is 161 Å². The average Bonchev–Trinajstić information content (AvgIpc) is 3.04. The largest absolute Gasteiger partial charge is 0.482 e. The number of para-hydroxylation sites is 1. The molecule has 4 rings (SSSR count). The molecule has 0 unspecified atom stereocenters. The maximum Gasteiger partial charge on any atom is 0.214 e. The summed E-state index contributed by atoms with van der Waals surface area (Å²) in [5, 5.41) is 9.15. The van der Waals surface area contributed by atoms with Crippen LogP contribution in [0, 0.1) is 19.7 Å². The minimum atomic E-state index is -0.398. The molecular formula is C20H19FN4OS. The molecule has 0 radical (unpaired) electrons. The van der Waals surface area contributed by atoms with Gasteiger partial charge in [-0.2, -0.15) is 0 Å². The molecule has 5 nitrogen and oxygen atoms in total. The average molecular weight is 382 g/mol. The zero-order chi connectivity index (χ0) is 19.0. The molecule has 1 aliphatic heterocycles. The fourth-order valence-electron chi connectivity index (χ4n) is 2.91. The lowest BCUT2D eigenvalue weighted by Gasteiger charge is -2.23. The molecule has 0 spiro atoms. The molecule has 0 fully saturated rings. The van der Waals surface area contributed by atoms with Gasteiger partial charge in [-0.3, -0.25) is 5.43 Å². The van der Waals surface area contributed by atoms with Gasteiger partial charge in [0, 0.05) is 10.5 Å². The van der Waals surface area contributed by atoms with E-state index in [1.54, 1.807) is 34.6 Å². The quantitative estimate of drug-likeness (QED) is 0.712. The molecule has 7 heteroatoms. The maximum absolute atomic E-state index is 13.8. The lowest BCUT2D eigenvalue weighted by Crippen LogP contribution is -2.22. The lowest BCUT2D eigenvalue weighted by molar-refractivity contribution is 0.277. The van der Waals surface area contributed by atoms with Gasteiger partial charge in [-0.1, -0.05) is 41.6 Å². The van der Waals surface area contributed by atoms with Crippen LogP contribution in [0.1, 0.15) is 29.4 Å². The van der Waals surface area contributed by atoms with E-state index in [-0.39, 0.29) is 12.4 Å². The SMILES string of the molecule is CC1=C(c2cc(C)ccc2C)Nn2c(COc3ccccc3F)nnc2S1. The minimum Gasteiger partial charge on any atom is -0.482 e. The molecule has 0 bridgehead atoms. The number of aryl methyl sites for hydroxylation is 2. The Morgan fingerprint density at radius 2 is 1.93 bits per heavy atom. The number of hydrogen-bond donors (Lipinski definition) is 1. The van der Waals surface area contributed by atoms with Gasteiger partial charge in [-0.15, -0.1) is 10.2 Å². The molecule has 1 aromatic heterocycles. The number of nitrogens with one attached hydrogen (secondary N) is 1. The zero-order valence-corrected chi connectivity index (χ0v) is 16.1. The van der Waals surface area contributed by atoms with Crippen LogP contribution >= 0.6 is 11.8 Å². The van der Waals surface area contributed by atoms with Crippen LogP contribution in [0.25, 0.3) is 5.70 Å². The highest BCUT2D eigenvalue weighted by molar-refractivity contribution is 8.03. The van der Waals surface area contributed by atoms with Gasteiger partial charge in [0.1, 0.15) is 6.61 Å². The van der Waals surface area contributed by atoms with Crippen LogP contribution in [-0.2, 0) is 6.61 Å². The summed E-state index contributed by atoms with van der Waals surface area (Å²) in [5.74, 6) is 0.376. The standard InChI is InChI=1S/C20H19FN4OS/c1-12-8-9-13(2)15(10-12)19-14(3)27-20-23-22-18(25(20)24-19)11-26-17-7-5-4-6-16(17)21/h4-10,24H,11H2,1-3H3. The van der Waals surface area contributed by atoms with Crippen molar-refractivity contribution in [2.75, 3.05) is 5.43 Å². The number of hydrogen-bond acceptors (Lipinski definition) is 5. The fraction of sp³-hybridized carbons (Fsp3) is 0.200. The van der Waals surface area contributed by atoms with Crippen molar-refractivity contribution in [3.8, 4) is 5.75 Å². The van der Waals surface area contributed by atoms with Crippen LogP contribution in [0.3, 0.4) is 0 Å². The number of thioether (sulfide) groups is 1. The van der Waals surface area contributed by atoms with Crippen LogP contribution < -0.4 is 10.2 Å². The van der Waals surface area contributed by atoms with Gasteiger partial charge < -0.3 is 4.74 Å². The summed E-state index contributed by atoms with van der Waals surface area (Å²) in [7, 11) is 0. The van der Waals surface area contributed by atoms with Crippen molar-refractivity contribution in [3.05, 3.63) is 75.7 Å². The van der Waals surface area contributed by atoms with Crippen molar-refractivity contribution in [2.45, 2.75) is 32.5 Å². The van der Waals surface area contributed by atoms with Crippen LogP contribution in [0.5, 0.6) is 5.75 Å². The Kier molecular flexibility index (Phi) is 4.61. The molecule has 1 N–H and O–H groups in total. The second-order valence-corrected chi connectivity index (χ2v) is 7.60. The number of halogens is 1. The van der Waals surface area contributed by atoms with Gasteiger partial charge in [-0.25, -0.2) is 9.07 Å². The van der Waals surface area contributed by atoms with E-state index in [9.17, 15) is 4.39 Å². The number of ether oxygens (including phenoxy) is 1. The molecular weight excluding hydrogens is 363 g/mol. The highest BCUT2D eigenvalue weighted by Crippen LogP contribution is 2.36. The summed E-state index contributed by atoms with van der Waals surface area (Å²) >= 11 is 1.55. The number of aromatic nitrogens is 3. The van der Waals surface area contributed by atoms with E-state index >= 15 is 0 Å². The lowest BCUT2D eigenvalue weighted by atomic mass is 10.0. The van der Waals surface area contributed by atoms with Crippen molar-refractivity contribution < 1.29 is 9.13 Å². The van der Waals surface area contributed by atoms with E-state index in [0.717, 1.165) is 21.3 Å². The van der Waals surface area contributed by atoms with Gasteiger partial charge in [0.15, 0.2) is 17.4 Å². The predicted octanol–water partition coefficient (Wildman–Crippen LogP) is 4.65. The number of allylic oxidation sites excluding steroid dienone is 1. The molecule has 3 aromatic rings. The fourth-order valence-corrected chi connectivity index (χ4v) is 3.77. The molecule has 0 amide bonds. The van der Waals surface area contributed by atoms with E-state index in [1.165, 1.54) is 17.2 Å². The van der Waals surface area contributed by atoms with Crippen LogP contribution in [0.4, 0.5) is 4.39 Å².